The van der Waals surface area contributed by atoms with Crippen LogP contribution in [-0.2, 0) is 11.7 Å². The van der Waals surface area contributed by atoms with Crippen LogP contribution in [0.5, 0.6) is 0 Å². The van der Waals surface area contributed by atoms with Crippen LogP contribution in [0.1, 0.15) is 38.3 Å². The van der Waals surface area contributed by atoms with Gasteiger partial charge in [0, 0.05) is 28.7 Å². The van der Waals surface area contributed by atoms with Crippen molar-refractivity contribution in [2.75, 3.05) is 25.0 Å². The molecular formula is C25H27ClF4N6O2. The predicted octanol–water partition coefficient (Wildman–Crippen LogP) is 4.77. The number of carbonyl (C=O) groups is 1. The Balaban J connectivity index is 1.35. The number of likely N-dealkylation sites (tertiary alicyclic amines) is 1. The zero-order valence-corrected chi connectivity index (χ0v) is 21.3. The normalized spacial score (nSPS) is 23.2. The molecule has 1 saturated carbocycles. The number of carbonyl (C=O) groups excluding carboxylic acids is 1. The molecule has 0 radical (unpaired) electrons. The summed E-state index contributed by atoms with van der Waals surface area (Å²) in [7, 11) is 0. The number of fused-ring (bicyclic) bond motifs is 1. The first kappa shape index (κ1) is 26.5. The van der Waals surface area contributed by atoms with E-state index in [1.807, 2.05) is 0 Å². The maximum absolute atomic E-state index is 13.9. The lowest BCUT2D eigenvalue weighted by Crippen LogP contribution is -2.69. The fraction of sp³-hybridized carbons (Fsp3) is 0.480. The number of rotatable bonds is 5. The van der Waals surface area contributed by atoms with Gasteiger partial charge in [-0.3, -0.25) is 4.68 Å². The molecule has 1 saturated heterocycles. The summed E-state index contributed by atoms with van der Waals surface area (Å²) in [6.07, 6.45) is 0.0612. The average molecular weight is 555 g/mol. The average Bonchev–Trinajstić information content (AvgIpc) is 3.25. The number of benzene rings is 1. The van der Waals surface area contributed by atoms with Crippen molar-refractivity contribution in [3.8, 4) is 0 Å². The van der Waals surface area contributed by atoms with Gasteiger partial charge in [0.2, 0.25) is 0 Å². The second kappa shape index (κ2) is 9.57. The van der Waals surface area contributed by atoms with Crippen LogP contribution >= 0.6 is 11.6 Å². The highest BCUT2D eigenvalue weighted by Gasteiger charge is 2.48. The summed E-state index contributed by atoms with van der Waals surface area (Å²) in [5, 5.41) is 21.0. The van der Waals surface area contributed by atoms with E-state index in [2.05, 4.69) is 20.7 Å². The number of alkyl halides is 3. The summed E-state index contributed by atoms with van der Waals surface area (Å²) in [6, 6.07) is 4.96. The van der Waals surface area contributed by atoms with Gasteiger partial charge >= 0.3 is 12.2 Å². The highest BCUT2D eigenvalue weighted by Crippen LogP contribution is 2.36. The molecule has 1 aliphatic carbocycles. The second-order valence-electron chi connectivity index (χ2n) is 10.5. The fourth-order valence-electron chi connectivity index (χ4n) is 5.10. The van der Waals surface area contributed by atoms with Crippen molar-refractivity contribution < 1.29 is 27.5 Å². The van der Waals surface area contributed by atoms with E-state index >= 15 is 0 Å². The number of hydrogen-bond acceptors (Lipinski definition) is 5. The third-order valence-electron chi connectivity index (χ3n) is 7.35. The van der Waals surface area contributed by atoms with Gasteiger partial charge < -0.3 is 20.6 Å². The first-order chi connectivity index (χ1) is 17.8. The lowest BCUT2D eigenvalue weighted by atomic mass is 9.83. The molecule has 8 nitrogen and oxygen atoms in total. The highest BCUT2D eigenvalue weighted by atomic mass is 35.5. The molecule has 2 amide bonds. The van der Waals surface area contributed by atoms with Gasteiger partial charge in [-0.1, -0.05) is 11.6 Å². The molecule has 5 rings (SSSR count). The molecule has 3 heterocycles. The van der Waals surface area contributed by atoms with E-state index in [0.717, 1.165) is 12.3 Å². The number of aliphatic hydroxyl groups is 1. The van der Waals surface area contributed by atoms with Crippen molar-refractivity contribution in [2.45, 2.75) is 56.0 Å². The minimum Gasteiger partial charge on any atom is -0.390 e. The van der Waals surface area contributed by atoms with Crippen LogP contribution < -0.4 is 10.6 Å². The summed E-state index contributed by atoms with van der Waals surface area (Å²) in [5.74, 6) is -0.568. The van der Waals surface area contributed by atoms with E-state index in [0.29, 0.717) is 36.1 Å². The molecule has 204 valence electrons. The van der Waals surface area contributed by atoms with Crippen LogP contribution in [0.25, 0.3) is 10.9 Å². The Kier molecular flexibility index (Phi) is 6.67. The van der Waals surface area contributed by atoms with E-state index in [1.54, 1.807) is 11.8 Å². The third-order valence-corrected chi connectivity index (χ3v) is 7.59. The molecule has 2 aliphatic rings. The molecule has 0 unspecified atom stereocenters. The van der Waals surface area contributed by atoms with Crippen molar-refractivity contribution in [3.63, 3.8) is 0 Å². The quantitative estimate of drug-likeness (QED) is 0.395. The highest BCUT2D eigenvalue weighted by molar-refractivity contribution is 6.31. The number of hydrogen-bond donors (Lipinski definition) is 3. The van der Waals surface area contributed by atoms with Gasteiger partial charge in [0.15, 0.2) is 5.82 Å². The van der Waals surface area contributed by atoms with Gasteiger partial charge in [-0.05, 0) is 56.9 Å². The lowest BCUT2D eigenvalue weighted by molar-refractivity contribution is -0.140. The molecule has 13 heteroatoms. The number of nitrogens with one attached hydrogen (secondary N) is 2. The Morgan fingerprint density at radius 2 is 1.95 bits per heavy atom. The maximum atomic E-state index is 13.9. The Morgan fingerprint density at radius 1 is 1.24 bits per heavy atom. The largest absolute Gasteiger partial charge is 0.433 e. The van der Waals surface area contributed by atoms with E-state index in [9.17, 15) is 27.5 Å². The van der Waals surface area contributed by atoms with Gasteiger partial charge in [-0.2, -0.15) is 18.3 Å². The van der Waals surface area contributed by atoms with Gasteiger partial charge in [0.05, 0.1) is 36.6 Å². The van der Waals surface area contributed by atoms with Crippen LogP contribution in [0, 0.1) is 5.82 Å². The molecule has 1 aliphatic heterocycles. The zero-order chi connectivity index (χ0) is 27.3. The molecule has 3 N–H and O–H groups in total. The number of nitrogens with zero attached hydrogens (tertiary/aromatic N) is 4. The van der Waals surface area contributed by atoms with Crippen LogP contribution in [-0.4, -0.2) is 62.1 Å². The molecule has 38 heavy (non-hydrogen) atoms. The molecule has 1 aromatic carbocycles. The number of anilines is 1. The predicted molar refractivity (Wildman–Crippen MR) is 133 cm³/mol. The molecule has 0 spiro atoms. The number of amides is 2. The van der Waals surface area contributed by atoms with Gasteiger partial charge in [0.1, 0.15) is 11.2 Å². The molecule has 0 bridgehead atoms. The maximum Gasteiger partial charge on any atom is 0.433 e. The van der Waals surface area contributed by atoms with Gasteiger partial charge in [0.25, 0.3) is 0 Å². The first-order valence-corrected chi connectivity index (χ1v) is 12.6. The second-order valence-corrected chi connectivity index (χ2v) is 10.9. The summed E-state index contributed by atoms with van der Waals surface area (Å²) in [4.78, 5) is 18.2. The monoisotopic (exact) mass is 554 g/mol. The molecule has 2 fully saturated rings. The summed E-state index contributed by atoms with van der Waals surface area (Å²) >= 11 is 6.10. The third kappa shape index (κ3) is 5.37. The number of urea groups is 1. The van der Waals surface area contributed by atoms with E-state index < -0.39 is 28.8 Å². The zero-order valence-electron chi connectivity index (χ0n) is 20.5. The van der Waals surface area contributed by atoms with Crippen molar-refractivity contribution in [2.24, 2.45) is 0 Å². The van der Waals surface area contributed by atoms with Crippen LogP contribution in [0.4, 0.5) is 28.0 Å². The Labute approximate surface area is 221 Å². The van der Waals surface area contributed by atoms with Gasteiger partial charge in [-0.15, -0.1) is 0 Å². The standard InChI is InChI=1S/C25H27ClF4N6O2/c1-23(38)6-4-17(5-7-23)33-22(37)35-13-24(14-35,36-11-16(27)10-32-36)12-31-20-9-21(25(28,29)30)34-19-3-2-15(26)8-18(19)20/h2-3,8-11,17,38H,4-7,12-14H2,1H3,(H,31,34)(H,33,37). The molecule has 0 atom stereocenters. The Bertz CT molecular complexity index is 1350. The van der Waals surface area contributed by atoms with E-state index in [4.69, 9.17) is 11.6 Å². The number of aromatic nitrogens is 3. The topological polar surface area (TPSA) is 95.3 Å². The smallest absolute Gasteiger partial charge is 0.390 e. The van der Waals surface area contributed by atoms with Crippen LogP contribution in [0.15, 0.2) is 36.7 Å². The van der Waals surface area contributed by atoms with Crippen LogP contribution in [0.2, 0.25) is 5.02 Å². The summed E-state index contributed by atoms with van der Waals surface area (Å²) in [6.45, 7) is 2.16. The number of pyridine rings is 1. The van der Waals surface area contributed by atoms with E-state index in [1.165, 1.54) is 29.1 Å². The molecule has 2 aromatic heterocycles. The SMILES string of the molecule is CC1(O)CCC(NC(=O)N2CC(CNc3cc(C(F)(F)F)nc4ccc(Cl)cc34)(n3cc(F)cn3)C2)CC1. The van der Waals surface area contributed by atoms with Crippen molar-refractivity contribution in [3.05, 3.63) is 53.2 Å². The molecular weight excluding hydrogens is 528 g/mol. The minimum atomic E-state index is -4.66. The summed E-state index contributed by atoms with van der Waals surface area (Å²) < 4.78 is 55.9. The van der Waals surface area contributed by atoms with Crippen molar-refractivity contribution >= 4 is 34.2 Å². The number of halogens is 5. The summed E-state index contributed by atoms with van der Waals surface area (Å²) in [5.41, 5.74) is -2.41. The van der Waals surface area contributed by atoms with Crippen molar-refractivity contribution in [1.82, 2.24) is 25.0 Å². The minimum absolute atomic E-state index is 0.0626. The Morgan fingerprint density at radius 3 is 2.58 bits per heavy atom. The van der Waals surface area contributed by atoms with Crippen molar-refractivity contribution in [1.29, 1.82) is 0 Å². The van der Waals surface area contributed by atoms with E-state index in [-0.39, 0.29) is 42.9 Å². The fourth-order valence-corrected chi connectivity index (χ4v) is 5.28. The lowest BCUT2D eigenvalue weighted by Gasteiger charge is -2.50. The van der Waals surface area contributed by atoms with Crippen LogP contribution in [0.3, 0.4) is 0 Å². The first-order valence-electron chi connectivity index (χ1n) is 12.2. The Hall–Kier alpha value is -3.12. The molecule has 3 aromatic rings. The van der Waals surface area contributed by atoms with Gasteiger partial charge in [-0.25, -0.2) is 14.2 Å².